The molecule has 0 aliphatic carbocycles. The third-order valence-electron chi connectivity index (χ3n) is 2.86. The summed E-state index contributed by atoms with van der Waals surface area (Å²) in [6.45, 7) is 3.08. The van der Waals surface area contributed by atoms with E-state index < -0.39 is 12.2 Å². The quantitative estimate of drug-likeness (QED) is 0.790. The molecular formula is C11H17BrN2O3S. The van der Waals surface area contributed by atoms with Crippen LogP contribution < -0.4 is 4.90 Å². The lowest BCUT2D eigenvalue weighted by Crippen LogP contribution is -2.36. The number of ether oxygens (including phenoxy) is 1. The lowest BCUT2D eigenvalue weighted by Gasteiger charge is -2.26. The summed E-state index contributed by atoms with van der Waals surface area (Å²) >= 11 is 4.74. The Morgan fingerprint density at radius 2 is 2.17 bits per heavy atom. The predicted octanol–water partition coefficient (Wildman–Crippen LogP) is 1.16. The topological polar surface area (TPSA) is 65.8 Å². The molecule has 102 valence electrons. The summed E-state index contributed by atoms with van der Waals surface area (Å²) in [7, 11) is 0. The Kier molecular flexibility index (Phi) is 5.38. The molecule has 1 fully saturated rings. The Morgan fingerprint density at radius 3 is 2.83 bits per heavy atom. The van der Waals surface area contributed by atoms with Crippen molar-refractivity contribution in [1.82, 2.24) is 4.98 Å². The summed E-state index contributed by atoms with van der Waals surface area (Å²) in [5.41, 5.74) is 0.551. The minimum absolute atomic E-state index is 0.506. The molecule has 1 saturated heterocycles. The first-order chi connectivity index (χ1) is 8.72. The van der Waals surface area contributed by atoms with Gasteiger partial charge in [0, 0.05) is 23.8 Å². The molecule has 0 spiro atoms. The molecule has 2 unspecified atom stereocenters. The van der Waals surface area contributed by atoms with Crippen LogP contribution in [0.25, 0.3) is 0 Å². The molecule has 1 aromatic rings. The first-order valence-electron chi connectivity index (χ1n) is 5.92. The average molecular weight is 337 g/mol. The number of aliphatic hydroxyl groups excluding tert-OH is 2. The number of hydrogen-bond acceptors (Lipinski definition) is 6. The van der Waals surface area contributed by atoms with Gasteiger partial charge >= 0.3 is 0 Å². The lowest BCUT2D eigenvalue weighted by molar-refractivity contribution is 0.0152. The largest absolute Gasteiger partial charge is 0.390 e. The third-order valence-corrected chi connectivity index (χ3v) is 4.24. The zero-order valence-corrected chi connectivity index (χ0v) is 12.4. The van der Waals surface area contributed by atoms with Gasteiger partial charge in [-0.05, 0) is 6.42 Å². The Balaban J connectivity index is 2.00. The van der Waals surface area contributed by atoms with Crippen molar-refractivity contribution in [1.29, 1.82) is 0 Å². The van der Waals surface area contributed by atoms with Crippen molar-refractivity contribution in [3.05, 3.63) is 11.1 Å². The maximum absolute atomic E-state index is 9.96. The number of aromatic nitrogens is 1. The molecule has 0 aromatic carbocycles. The monoisotopic (exact) mass is 336 g/mol. The smallest absolute Gasteiger partial charge is 0.185 e. The highest BCUT2D eigenvalue weighted by Crippen LogP contribution is 2.27. The van der Waals surface area contributed by atoms with Crippen LogP contribution in [0.1, 0.15) is 18.2 Å². The lowest BCUT2D eigenvalue weighted by atomic mass is 10.1. The van der Waals surface area contributed by atoms with Gasteiger partial charge in [0.25, 0.3) is 0 Å². The van der Waals surface area contributed by atoms with Crippen molar-refractivity contribution >= 4 is 32.4 Å². The van der Waals surface area contributed by atoms with E-state index in [0.29, 0.717) is 30.7 Å². The van der Waals surface area contributed by atoms with E-state index in [2.05, 4.69) is 25.8 Å². The Hall–Kier alpha value is -0.210. The van der Waals surface area contributed by atoms with Crippen LogP contribution in [0.5, 0.6) is 0 Å². The van der Waals surface area contributed by atoms with Crippen LogP contribution >= 0.6 is 27.3 Å². The minimum Gasteiger partial charge on any atom is -0.390 e. The normalized spacial score (nSPS) is 19.8. The van der Waals surface area contributed by atoms with Crippen LogP contribution in [0.4, 0.5) is 5.13 Å². The van der Waals surface area contributed by atoms with E-state index in [1.807, 2.05) is 5.38 Å². The Bertz CT molecular complexity index is 371. The van der Waals surface area contributed by atoms with Crippen LogP contribution in [0, 0.1) is 0 Å². The maximum Gasteiger partial charge on any atom is 0.185 e. The molecule has 2 N–H and O–H groups in total. The van der Waals surface area contributed by atoms with Crippen LogP contribution in [-0.2, 0) is 4.74 Å². The van der Waals surface area contributed by atoms with Gasteiger partial charge < -0.3 is 19.8 Å². The molecule has 5 nitrogen and oxygen atoms in total. The first kappa shape index (κ1) is 14.2. The average Bonchev–Trinajstić information content (AvgIpc) is 2.89. The number of thiazole rings is 1. The van der Waals surface area contributed by atoms with Gasteiger partial charge in [-0.2, -0.15) is 0 Å². The van der Waals surface area contributed by atoms with Gasteiger partial charge in [-0.3, -0.25) is 0 Å². The van der Waals surface area contributed by atoms with Gasteiger partial charge in [0.15, 0.2) is 5.13 Å². The SMILES string of the molecule is OC(CCBr)C(O)c1csc(N2CCOCC2)n1. The van der Waals surface area contributed by atoms with Gasteiger partial charge in [0.05, 0.1) is 25.0 Å². The van der Waals surface area contributed by atoms with Crippen LogP contribution in [0.15, 0.2) is 5.38 Å². The van der Waals surface area contributed by atoms with E-state index in [4.69, 9.17) is 4.74 Å². The number of nitrogens with zero attached hydrogens (tertiary/aromatic N) is 2. The minimum atomic E-state index is -0.909. The fraction of sp³-hybridized carbons (Fsp3) is 0.727. The molecule has 1 aliphatic rings. The molecule has 0 bridgehead atoms. The van der Waals surface area contributed by atoms with Crippen molar-refractivity contribution in [2.24, 2.45) is 0 Å². The van der Waals surface area contributed by atoms with Crippen LogP contribution in [0.3, 0.4) is 0 Å². The number of rotatable bonds is 5. The van der Waals surface area contributed by atoms with E-state index >= 15 is 0 Å². The van der Waals surface area contributed by atoms with Crippen molar-refractivity contribution in [3.63, 3.8) is 0 Å². The van der Waals surface area contributed by atoms with E-state index in [0.717, 1.165) is 18.2 Å². The predicted molar refractivity (Wildman–Crippen MR) is 74.5 cm³/mol. The van der Waals surface area contributed by atoms with Gasteiger partial charge in [0.2, 0.25) is 0 Å². The zero-order valence-electron chi connectivity index (χ0n) is 9.96. The van der Waals surface area contributed by atoms with E-state index in [1.165, 1.54) is 11.3 Å². The van der Waals surface area contributed by atoms with E-state index in [9.17, 15) is 10.2 Å². The Morgan fingerprint density at radius 1 is 1.44 bits per heavy atom. The second-order valence-electron chi connectivity index (χ2n) is 4.14. The molecule has 1 aliphatic heterocycles. The van der Waals surface area contributed by atoms with Crippen molar-refractivity contribution < 1.29 is 14.9 Å². The number of morpholine rings is 1. The van der Waals surface area contributed by atoms with E-state index in [1.54, 1.807) is 0 Å². The fourth-order valence-corrected chi connectivity index (χ4v) is 3.16. The molecule has 1 aromatic heterocycles. The molecule has 18 heavy (non-hydrogen) atoms. The fourth-order valence-electron chi connectivity index (χ4n) is 1.78. The highest BCUT2D eigenvalue weighted by atomic mass is 79.9. The summed E-state index contributed by atoms with van der Waals surface area (Å²) in [5, 5.41) is 23.1. The molecule has 7 heteroatoms. The zero-order chi connectivity index (χ0) is 13.0. The van der Waals surface area contributed by atoms with Crippen LogP contribution in [-0.4, -0.2) is 52.9 Å². The number of anilines is 1. The highest BCUT2D eigenvalue weighted by molar-refractivity contribution is 9.09. The Labute approximate surface area is 119 Å². The summed E-state index contributed by atoms with van der Waals surface area (Å²) < 4.78 is 5.29. The third kappa shape index (κ3) is 3.42. The molecule has 0 saturated carbocycles. The number of hydrogen-bond donors (Lipinski definition) is 2. The van der Waals surface area contributed by atoms with Gasteiger partial charge in [-0.1, -0.05) is 15.9 Å². The summed E-state index contributed by atoms with van der Waals surface area (Å²) in [5.74, 6) is 0. The summed E-state index contributed by atoms with van der Waals surface area (Å²) in [4.78, 5) is 6.54. The van der Waals surface area contributed by atoms with Crippen LogP contribution in [0.2, 0.25) is 0 Å². The standard InChI is InChI=1S/C11H17BrN2O3S/c12-2-1-9(15)10(16)8-7-18-11(13-8)14-3-5-17-6-4-14/h7,9-10,15-16H,1-6H2. The highest BCUT2D eigenvalue weighted by Gasteiger charge is 2.22. The van der Waals surface area contributed by atoms with Crippen molar-refractivity contribution in [3.8, 4) is 0 Å². The molecule has 2 rings (SSSR count). The van der Waals surface area contributed by atoms with E-state index in [-0.39, 0.29) is 0 Å². The van der Waals surface area contributed by atoms with Gasteiger partial charge in [0.1, 0.15) is 6.10 Å². The van der Waals surface area contributed by atoms with Crippen molar-refractivity contribution in [2.75, 3.05) is 36.5 Å². The second kappa shape index (κ2) is 6.81. The molecule has 0 radical (unpaired) electrons. The first-order valence-corrected chi connectivity index (χ1v) is 7.92. The molecule has 2 atom stereocenters. The molecule has 2 heterocycles. The number of alkyl halides is 1. The van der Waals surface area contributed by atoms with Gasteiger partial charge in [-0.15, -0.1) is 11.3 Å². The number of aliphatic hydroxyl groups is 2. The van der Waals surface area contributed by atoms with Crippen molar-refractivity contribution in [2.45, 2.75) is 18.6 Å². The van der Waals surface area contributed by atoms with Gasteiger partial charge in [-0.25, -0.2) is 4.98 Å². The molecule has 0 amide bonds. The summed E-state index contributed by atoms with van der Waals surface area (Å²) in [6.07, 6.45) is -1.18. The summed E-state index contributed by atoms with van der Waals surface area (Å²) in [6, 6.07) is 0. The second-order valence-corrected chi connectivity index (χ2v) is 5.77. The maximum atomic E-state index is 9.96. The number of halogens is 1. The molecular weight excluding hydrogens is 320 g/mol.